The molecule has 0 saturated carbocycles. The maximum absolute atomic E-state index is 2.31. The van der Waals surface area contributed by atoms with Gasteiger partial charge in [0, 0.05) is 0 Å². The third kappa shape index (κ3) is 3.05. The topological polar surface area (TPSA) is 31.5 Å². The van der Waals surface area contributed by atoms with Crippen LogP contribution in [0.25, 0.3) is 11.1 Å². The Labute approximate surface area is 116 Å². The molecule has 2 aromatic carbocycles. The Morgan fingerprint density at radius 1 is 0.684 bits per heavy atom. The summed E-state index contributed by atoms with van der Waals surface area (Å²) in [6.45, 7) is 6.78. The Hall–Kier alpha value is -1.60. The molecule has 2 aromatic rings. The third-order valence-electron chi connectivity index (χ3n) is 3.70. The highest BCUT2D eigenvalue weighted by Gasteiger charge is 2.10. The van der Waals surface area contributed by atoms with Crippen LogP contribution in [0, 0.1) is 0 Å². The zero-order valence-corrected chi connectivity index (χ0v) is 12.2. The molecule has 0 saturated heterocycles. The van der Waals surface area contributed by atoms with Crippen molar-refractivity contribution in [2.75, 3.05) is 0 Å². The Bertz CT molecular complexity index is 515. The number of aryl methyl sites for hydroxylation is 1. The summed E-state index contributed by atoms with van der Waals surface area (Å²) in [6, 6.07) is 15.3. The van der Waals surface area contributed by atoms with Crippen LogP contribution in [0.15, 0.2) is 42.5 Å². The molecular weight excluding hydrogens is 232 g/mol. The Balaban J connectivity index is 0.00000180. The number of rotatable bonds is 4. The van der Waals surface area contributed by atoms with Gasteiger partial charge in [0.2, 0.25) is 0 Å². The van der Waals surface area contributed by atoms with Crippen molar-refractivity contribution in [1.82, 2.24) is 0 Å². The van der Waals surface area contributed by atoms with E-state index in [0.29, 0.717) is 0 Å². The highest BCUT2D eigenvalue weighted by atomic mass is 16.0. The van der Waals surface area contributed by atoms with E-state index in [-0.39, 0.29) is 5.48 Å². The minimum atomic E-state index is 0. The van der Waals surface area contributed by atoms with E-state index < -0.39 is 0 Å². The van der Waals surface area contributed by atoms with Crippen molar-refractivity contribution >= 4 is 0 Å². The lowest BCUT2D eigenvalue weighted by Crippen LogP contribution is -2.00. The molecule has 1 nitrogen and oxygen atoms in total. The number of hydrogen-bond donors (Lipinski definition) is 0. The zero-order valence-electron chi connectivity index (χ0n) is 12.2. The molecule has 2 rings (SSSR count). The number of hydrogen-bond acceptors (Lipinski definition) is 0. The maximum Gasteiger partial charge on any atom is -0.0149 e. The lowest BCUT2D eigenvalue weighted by molar-refractivity contribution is 0.824. The van der Waals surface area contributed by atoms with Crippen molar-refractivity contribution in [3.05, 3.63) is 59.2 Å². The van der Waals surface area contributed by atoms with Crippen molar-refractivity contribution in [2.45, 2.75) is 40.0 Å². The summed E-state index contributed by atoms with van der Waals surface area (Å²) >= 11 is 0. The predicted octanol–water partition coefficient (Wildman–Crippen LogP) is 4.22. The second-order valence-electron chi connectivity index (χ2n) is 4.66. The standard InChI is InChI=1S/C18H22.H2O/c1-4-14-12-13-18(15-10-8-7-9-11-15)17(6-3)16(14)5-2;/h7-13H,4-6H2,1-3H3;1H2. The van der Waals surface area contributed by atoms with Crippen molar-refractivity contribution in [1.29, 1.82) is 0 Å². The molecule has 0 aromatic heterocycles. The van der Waals surface area contributed by atoms with E-state index in [2.05, 4.69) is 63.2 Å². The monoisotopic (exact) mass is 256 g/mol. The first-order chi connectivity index (χ1) is 8.81. The summed E-state index contributed by atoms with van der Waals surface area (Å²) in [7, 11) is 0. The van der Waals surface area contributed by atoms with E-state index in [1.54, 1.807) is 5.56 Å². The molecule has 0 radical (unpaired) electrons. The summed E-state index contributed by atoms with van der Waals surface area (Å²) in [5.41, 5.74) is 7.34. The van der Waals surface area contributed by atoms with Gasteiger partial charge in [0.15, 0.2) is 0 Å². The molecule has 0 aliphatic heterocycles. The van der Waals surface area contributed by atoms with Gasteiger partial charge in [-0.1, -0.05) is 63.2 Å². The van der Waals surface area contributed by atoms with E-state index in [9.17, 15) is 0 Å². The Morgan fingerprint density at radius 2 is 1.32 bits per heavy atom. The van der Waals surface area contributed by atoms with Gasteiger partial charge in [0.1, 0.15) is 0 Å². The minimum Gasteiger partial charge on any atom is -0.412 e. The van der Waals surface area contributed by atoms with Gasteiger partial charge in [-0.05, 0) is 47.1 Å². The van der Waals surface area contributed by atoms with Gasteiger partial charge in [-0.25, -0.2) is 0 Å². The van der Waals surface area contributed by atoms with E-state index in [0.717, 1.165) is 19.3 Å². The predicted molar refractivity (Wildman–Crippen MR) is 83.6 cm³/mol. The lowest BCUT2D eigenvalue weighted by Gasteiger charge is -2.16. The Kier molecular flexibility index (Phi) is 5.78. The molecule has 0 bridgehead atoms. The molecule has 0 unspecified atom stereocenters. The Morgan fingerprint density at radius 3 is 1.84 bits per heavy atom. The summed E-state index contributed by atoms with van der Waals surface area (Å²) in [6.07, 6.45) is 3.37. The van der Waals surface area contributed by atoms with Crippen LogP contribution in [0.2, 0.25) is 0 Å². The molecule has 19 heavy (non-hydrogen) atoms. The second-order valence-corrected chi connectivity index (χ2v) is 4.66. The SMILES string of the molecule is CCc1ccc(-c2ccccc2)c(CC)c1CC.O. The van der Waals surface area contributed by atoms with Crippen LogP contribution >= 0.6 is 0 Å². The first kappa shape index (κ1) is 15.5. The van der Waals surface area contributed by atoms with Crippen molar-refractivity contribution in [2.24, 2.45) is 0 Å². The first-order valence-electron chi connectivity index (χ1n) is 7.00. The fourth-order valence-electron chi connectivity index (χ4n) is 2.81. The van der Waals surface area contributed by atoms with E-state index in [1.165, 1.54) is 22.3 Å². The summed E-state index contributed by atoms with van der Waals surface area (Å²) in [5, 5.41) is 0. The van der Waals surface area contributed by atoms with E-state index in [4.69, 9.17) is 0 Å². The summed E-state index contributed by atoms with van der Waals surface area (Å²) in [4.78, 5) is 0. The molecular formula is C18H24O. The largest absolute Gasteiger partial charge is 0.412 e. The van der Waals surface area contributed by atoms with Gasteiger partial charge in [-0.15, -0.1) is 0 Å². The average Bonchev–Trinajstić information content (AvgIpc) is 2.46. The minimum absolute atomic E-state index is 0. The number of benzene rings is 2. The van der Waals surface area contributed by atoms with Gasteiger partial charge in [-0.2, -0.15) is 0 Å². The first-order valence-corrected chi connectivity index (χ1v) is 7.00. The molecule has 0 amide bonds. The van der Waals surface area contributed by atoms with Crippen molar-refractivity contribution in [3.8, 4) is 11.1 Å². The van der Waals surface area contributed by atoms with E-state index >= 15 is 0 Å². The van der Waals surface area contributed by atoms with Crippen molar-refractivity contribution < 1.29 is 5.48 Å². The fourth-order valence-corrected chi connectivity index (χ4v) is 2.81. The van der Waals surface area contributed by atoms with Gasteiger partial charge in [0.05, 0.1) is 0 Å². The van der Waals surface area contributed by atoms with Gasteiger partial charge in [0.25, 0.3) is 0 Å². The molecule has 0 aliphatic rings. The fraction of sp³-hybridized carbons (Fsp3) is 0.333. The molecule has 0 atom stereocenters. The van der Waals surface area contributed by atoms with Crippen LogP contribution in [0.4, 0.5) is 0 Å². The van der Waals surface area contributed by atoms with Crippen LogP contribution in [-0.4, -0.2) is 5.48 Å². The lowest BCUT2D eigenvalue weighted by atomic mass is 9.88. The van der Waals surface area contributed by atoms with Gasteiger partial charge in [-0.3, -0.25) is 0 Å². The molecule has 2 N–H and O–H groups in total. The van der Waals surface area contributed by atoms with Crippen LogP contribution < -0.4 is 0 Å². The van der Waals surface area contributed by atoms with Gasteiger partial charge >= 0.3 is 0 Å². The van der Waals surface area contributed by atoms with Crippen LogP contribution in [-0.2, 0) is 19.3 Å². The highest BCUT2D eigenvalue weighted by molar-refractivity contribution is 5.69. The van der Waals surface area contributed by atoms with Crippen molar-refractivity contribution in [3.63, 3.8) is 0 Å². The van der Waals surface area contributed by atoms with E-state index in [1.807, 2.05) is 0 Å². The zero-order chi connectivity index (χ0) is 13.0. The molecule has 1 heteroatoms. The summed E-state index contributed by atoms with van der Waals surface area (Å²) in [5.74, 6) is 0. The van der Waals surface area contributed by atoms with Crippen LogP contribution in [0.1, 0.15) is 37.5 Å². The highest BCUT2D eigenvalue weighted by Crippen LogP contribution is 2.29. The van der Waals surface area contributed by atoms with Gasteiger partial charge < -0.3 is 5.48 Å². The quantitative estimate of drug-likeness (QED) is 0.784. The van der Waals surface area contributed by atoms with Crippen LogP contribution in [0.5, 0.6) is 0 Å². The molecule has 0 spiro atoms. The van der Waals surface area contributed by atoms with Crippen LogP contribution in [0.3, 0.4) is 0 Å². The molecule has 0 fully saturated rings. The molecule has 0 aliphatic carbocycles. The average molecular weight is 256 g/mol. The second kappa shape index (κ2) is 7.10. The molecule has 102 valence electrons. The molecule has 0 heterocycles. The maximum atomic E-state index is 2.31. The third-order valence-corrected chi connectivity index (χ3v) is 3.70. The smallest absolute Gasteiger partial charge is 0.0149 e. The normalized spacial score (nSPS) is 10.1. The summed E-state index contributed by atoms with van der Waals surface area (Å²) < 4.78 is 0.